The summed E-state index contributed by atoms with van der Waals surface area (Å²) in [4.78, 5) is 5.52. The van der Waals surface area contributed by atoms with Crippen LogP contribution in [0.25, 0.3) is 0 Å². The molecule has 0 fully saturated rings. The summed E-state index contributed by atoms with van der Waals surface area (Å²) in [5, 5.41) is 3.47. The Labute approximate surface area is 123 Å². The quantitative estimate of drug-likeness (QED) is 0.650. The first-order chi connectivity index (χ1) is 9.19. The van der Waals surface area contributed by atoms with Crippen LogP contribution < -0.4 is 5.32 Å². The largest absolute Gasteiger partial charge is 0.312 e. The summed E-state index contributed by atoms with van der Waals surface area (Å²) in [6.45, 7) is 14.7. The lowest BCUT2D eigenvalue weighted by molar-refractivity contribution is 0.240. The second kappa shape index (κ2) is 9.51. The summed E-state index contributed by atoms with van der Waals surface area (Å²) >= 11 is 1.96. The third-order valence-corrected chi connectivity index (χ3v) is 4.61. The number of thiophene rings is 1. The molecule has 1 unspecified atom stereocenters. The van der Waals surface area contributed by atoms with Gasteiger partial charge in [-0.3, -0.25) is 4.90 Å². The monoisotopic (exact) mass is 282 g/mol. The van der Waals surface area contributed by atoms with E-state index < -0.39 is 0 Å². The molecule has 0 aliphatic carbocycles. The highest BCUT2D eigenvalue weighted by Crippen LogP contribution is 2.19. The van der Waals surface area contributed by atoms with Crippen molar-refractivity contribution in [3.8, 4) is 0 Å². The Morgan fingerprint density at radius 3 is 2.58 bits per heavy atom. The number of hydrogen-bond acceptors (Lipinski definition) is 3. The smallest absolute Gasteiger partial charge is 0.0328 e. The molecule has 0 amide bonds. The van der Waals surface area contributed by atoms with Gasteiger partial charge in [0.15, 0.2) is 0 Å². The van der Waals surface area contributed by atoms with Crippen LogP contribution in [0.2, 0.25) is 0 Å². The van der Waals surface area contributed by atoms with Gasteiger partial charge in [0.05, 0.1) is 0 Å². The molecule has 1 N–H and O–H groups in total. The zero-order valence-corrected chi connectivity index (χ0v) is 13.9. The molecule has 1 aromatic heterocycles. The van der Waals surface area contributed by atoms with Crippen LogP contribution in [0.5, 0.6) is 0 Å². The zero-order chi connectivity index (χ0) is 14.1. The van der Waals surface area contributed by atoms with E-state index in [0.29, 0.717) is 0 Å². The predicted octanol–water partition coefficient (Wildman–Crippen LogP) is 4.12. The van der Waals surface area contributed by atoms with Gasteiger partial charge in [-0.05, 0) is 37.6 Å². The van der Waals surface area contributed by atoms with Crippen molar-refractivity contribution in [1.29, 1.82) is 0 Å². The van der Waals surface area contributed by atoms with Crippen molar-refractivity contribution in [2.24, 2.45) is 5.92 Å². The van der Waals surface area contributed by atoms with Gasteiger partial charge in [0.1, 0.15) is 0 Å². The summed E-state index contributed by atoms with van der Waals surface area (Å²) in [7, 11) is 0. The minimum atomic E-state index is 0.797. The molecule has 0 spiro atoms. The van der Waals surface area contributed by atoms with Crippen molar-refractivity contribution in [1.82, 2.24) is 10.2 Å². The van der Waals surface area contributed by atoms with E-state index in [1.54, 1.807) is 0 Å². The molecule has 1 rings (SSSR count). The molecule has 110 valence electrons. The molecule has 0 radical (unpaired) electrons. The SMILES string of the molecule is CCCNCc1ccc(CN(CC)CC(C)CC)s1. The Balaban J connectivity index is 2.42. The van der Waals surface area contributed by atoms with Crippen LogP contribution in [-0.2, 0) is 13.1 Å². The number of nitrogens with zero attached hydrogens (tertiary/aromatic N) is 1. The van der Waals surface area contributed by atoms with Gasteiger partial charge in [-0.15, -0.1) is 11.3 Å². The van der Waals surface area contributed by atoms with Gasteiger partial charge in [-0.2, -0.15) is 0 Å². The fraction of sp³-hybridized carbons (Fsp3) is 0.750. The first kappa shape index (κ1) is 16.7. The molecular formula is C16H30N2S. The van der Waals surface area contributed by atoms with Crippen LogP contribution in [0, 0.1) is 5.92 Å². The molecular weight excluding hydrogens is 252 g/mol. The van der Waals surface area contributed by atoms with Crippen molar-refractivity contribution < 1.29 is 0 Å². The lowest BCUT2D eigenvalue weighted by Crippen LogP contribution is -2.27. The van der Waals surface area contributed by atoms with Crippen molar-refractivity contribution in [3.05, 3.63) is 21.9 Å². The standard InChI is InChI=1S/C16H30N2S/c1-5-10-17-11-15-8-9-16(19-15)13-18(7-3)12-14(4)6-2/h8-9,14,17H,5-7,10-13H2,1-4H3. The number of nitrogens with one attached hydrogen (secondary N) is 1. The van der Waals surface area contributed by atoms with Gasteiger partial charge < -0.3 is 5.32 Å². The molecule has 3 heteroatoms. The fourth-order valence-corrected chi connectivity index (χ4v) is 3.12. The van der Waals surface area contributed by atoms with Gasteiger partial charge in [0.25, 0.3) is 0 Å². The molecule has 0 saturated carbocycles. The molecule has 19 heavy (non-hydrogen) atoms. The first-order valence-corrected chi connectivity index (χ1v) is 8.51. The Hall–Kier alpha value is -0.380. The number of rotatable bonds is 10. The summed E-state index contributed by atoms with van der Waals surface area (Å²) in [5.74, 6) is 0.797. The summed E-state index contributed by atoms with van der Waals surface area (Å²) < 4.78 is 0. The molecule has 1 aromatic rings. The second-order valence-electron chi connectivity index (χ2n) is 5.39. The van der Waals surface area contributed by atoms with E-state index in [2.05, 4.69) is 50.0 Å². The average molecular weight is 282 g/mol. The molecule has 1 heterocycles. The third-order valence-electron chi connectivity index (χ3n) is 3.54. The minimum absolute atomic E-state index is 0.797. The second-order valence-corrected chi connectivity index (χ2v) is 6.64. The molecule has 2 nitrogen and oxygen atoms in total. The maximum atomic E-state index is 3.47. The lowest BCUT2D eigenvalue weighted by Gasteiger charge is -2.22. The highest BCUT2D eigenvalue weighted by atomic mass is 32.1. The minimum Gasteiger partial charge on any atom is -0.312 e. The van der Waals surface area contributed by atoms with Gasteiger partial charge in [-0.1, -0.05) is 34.1 Å². The summed E-state index contributed by atoms with van der Waals surface area (Å²) in [6.07, 6.45) is 2.48. The van der Waals surface area contributed by atoms with E-state index >= 15 is 0 Å². The van der Waals surface area contributed by atoms with Crippen LogP contribution in [0.4, 0.5) is 0 Å². The predicted molar refractivity (Wildman–Crippen MR) is 86.7 cm³/mol. The van der Waals surface area contributed by atoms with E-state index in [1.807, 2.05) is 11.3 Å². The topological polar surface area (TPSA) is 15.3 Å². The molecule has 0 aliphatic heterocycles. The van der Waals surface area contributed by atoms with E-state index in [1.165, 1.54) is 29.1 Å². The normalized spacial score (nSPS) is 13.1. The Bertz CT molecular complexity index is 335. The molecule has 0 aliphatic rings. The highest BCUT2D eigenvalue weighted by Gasteiger charge is 2.09. The van der Waals surface area contributed by atoms with Gasteiger partial charge in [-0.25, -0.2) is 0 Å². The van der Waals surface area contributed by atoms with Crippen molar-refractivity contribution in [2.45, 2.75) is 53.6 Å². The maximum Gasteiger partial charge on any atom is 0.0328 e. The van der Waals surface area contributed by atoms with Gasteiger partial charge in [0.2, 0.25) is 0 Å². The first-order valence-electron chi connectivity index (χ1n) is 7.70. The summed E-state index contributed by atoms with van der Waals surface area (Å²) in [6, 6.07) is 4.58. The third kappa shape index (κ3) is 6.55. The van der Waals surface area contributed by atoms with Crippen LogP contribution >= 0.6 is 11.3 Å². The van der Waals surface area contributed by atoms with Crippen LogP contribution in [0.1, 0.15) is 50.3 Å². The molecule has 0 aromatic carbocycles. The van der Waals surface area contributed by atoms with Crippen LogP contribution in [-0.4, -0.2) is 24.5 Å². The van der Waals surface area contributed by atoms with E-state index in [0.717, 1.165) is 32.1 Å². The van der Waals surface area contributed by atoms with Crippen molar-refractivity contribution in [2.75, 3.05) is 19.6 Å². The van der Waals surface area contributed by atoms with E-state index in [4.69, 9.17) is 0 Å². The zero-order valence-electron chi connectivity index (χ0n) is 13.0. The Kier molecular flexibility index (Phi) is 8.35. The Morgan fingerprint density at radius 2 is 1.95 bits per heavy atom. The van der Waals surface area contributed by atoms with Crippen molar-refractivity contribution >= 4 is 11.3 Å². The summed E-state index contributed by atoms with van der Waals surface area (Å²) in [5.41, 5.74) is 0. The molecule has 0 bridgehead atoms. The van der Waals surface area contributed by atoms with Gasteiger partial charge in [0, 0.05) is 29.4 Å². The van der Waals surface area contributed by atoms with Crippen LogP contribution in [0.15, 0.2) is 12.1 Å². The Morgan fingerprint density at radius 1 is 1.21 bits per heavy atom. The highest BCUT2D eigenvalue weighted by molar-refractivity contribution is 7.11. The fourth-order valence-electron chi connectivity index (χ4n) is 2.09. The van der Waals surface area contributed by atoms with Gasteiger partial charge >= 0.3 is 0 Å². The van der Waals surface area contributed by atoms with Crippen molar-refractivity contribution in [3.63, 3.8) is 0 Å². The van der Waals surface area contributed by atoms with Crippen LogP contribution in [0.3, 0.4) is 0 Å². The van der Waals surface area contributed by atoms with E-state index in [9.17, 15) is 0 Å². The maximum absolute atomic E-state index is 3.47. The number of hydrogen-bond donors (Lipinski definition) is 1. The molecule has 1 atom stereocenters. The average Bonchev–Trinajstić information content (AvgIpc) is 2.85. The molecule has 0 saturated heterocycles. The van der Waals surface area contributed by atoms with E-state index in [-0.39, 0.29) is 0 Å². The lowest BCUT2D eigenvalue weighted by atomic mass is 10.1.